The van der Waals surface area contributed by atoms with Crippen LogP contribution in [0.15, 0.2) is 30.3 Å². The second-order valence-electron chi connectivity index (χ2n) is 2.85. The highest BCUT2D eigenvalue weighted by atomic mass is 16.1. The maximum absolute atomic E-state index is 10.9. The van der Waals surface area contributed by atoms with Crippen molar-refractivity contribution in [1.29, 1.82) is 5.26 Å². The minimum Gasteiger partial charge on any atom is -0.269 e. The highest BCUT2D eigenvalue weighted by Gasteiger charge is 1.92. The van der Waals surface area contributed by atoms with Crippen molar-refractivity contribution in [2.75, 3.05) is 0 Å². The Morgan fingerprint density at radius 2 is 2.36 bits per heavy atom. The molecule has 0 aliphatic heterocycles. The summed E-state index contributed by atoms with van der Waals surface area (Å²) in [7, 11) is 0. The second kappa shape index (κ2) is 4.83. The smallest absolute Gasteiger partial charge is 0.256 e. The minimum absolute atomic E-state index is 0.408. The van der Waals surface area contributed by atoms with Gasteiger partial charge in [0, 0.05) is 6.08 Å². The fourth-order valence-corrected chi connectivity index (χ4v) is 1.04. The molecule has 0 fully saturated rings. The van der Waals surface area contributed by atoms with Gasteiger partial charge in [-0.1, -0.05) is 29.8 Å². The Labute approximate surface area is 82.7 Å². The van der Waals surface area contributed by atoms with E-state index >= 15 is 0 Å². The summed E-state index contributed by atoms with van der Waals surface area (Å²) < 4.78 is 0. The quantitative estimate of drug-likeness (QED) is 0.433. The third-order valence-corrected chi connectivity index (χ3v) is 1.65. The number of carbonyl (C=O) groups is 1. The standard InChI is InChI=1S/C11H10N2O/c1-9-3-2-4-10(7-9)5-6-11(14)13-8-12/h2-7H,1H3,(H,13,14). The molecule has 0 atom stereocenters. The van der Waals surface area contributed by atoms with Gasteiger partial charge in [-0.05, 0) is 18.6 Å². The molecule has 0 spiro atoms. The van der Waals surface area contributed by atoms with Crippen LogP contribution < -0.4 is 5.32 Å². The first-order valence-electron chi connectivity index (χ1n) is 4.16. The van der Waals surface area contributed by atoms with Crippen LogP contribution in [0.1, 0.15) is 11.1 Å². The topological polar surface area (TPSA) is 52.9 Å². The molecular weight excluding hydrogens is 176 g/mol. The largest absolute Gasteiger partial charge is 0.269 e. The summed E-state index contributed by atoms with van der Waals surface area (Å²) >= 11 is 0. The average Bonchev–Trinajstić information content (AvgIpc) is 2.15. The number of nitriles is 1. The van der Waals surface area contributed by atoms with Gasteiger partial charge >= 0.3 is 0 Å². The molecule has 0 radical (unpaired) electrons. The molecule has 0 aliphatic rings. The van der Waals surface area contributed by atoms with Crippen LogP contribution in [0.4, 0.5) is 0 Å². The van der Waals surface area contributed by atoms with Crippen molar-refractivity contribution in [2.24, 2.45) is 0 Å². The molecule has 0 aliphatic carbocycles. The Morgan fingerprint density at radius 1 is 1.57 bits per heavy atom. The van der Waals surface area contributed by atoms with Gasteiger partial charge in [0.1, 0.15) is 0 Å². The summed E-state index contributed by atoms with van der Waals surface area (Å²) in [6.45, 7) is 1.98. The van der Waals surface area contributed by atoms with Crippen molar-refractivity contribution in [3.8, 4) is 6.19 Å². The predicted octanol–water partition coefficient (Wildman–Crippen LogP) is 1.61. The molecule has 3 heteroatoms. The molecule has 1 amide bonds. The third kappa shape index (κ3) is 3.11. The molecule has 1 aromatic rings. The van der Waals surface area contributed by atoms with Crippen LogP contribution in [0.5, 0.6) is 0 Å². The Kier molecular flexibility index (Phi) is 3.45. The molecule has 0 bridgehead atoms. The number of nitrogens with one attached hydrogen (secondary N) is 1. The maximum atomic E-state index is 10.9. The van der Waals surface area contributed by atoms with Crippen molar-refractivity contribution >= 4 is 12.0 Å². The number of rotatable bonds is 2. The Morgan fingerprint density at radius 3 is 3.00 bits per heavy atom. The lowest BCUT2D eigenvalue weighted by Gasteiger charge is -1.94. The van der Waals surface area contributed by atoms with Gasteiger partial charge in [-0.3, -0.25) is 10.1 Å². The summed E-state index contributed by atoms with van der Waals surface area (Å²) in [6.07, 6.45) is 4.56. The van der Waals surface area contributed by atoms with E-state index < -0.39 is 5.91 Å². The van der Waals surface area contributed by atoms with Crippen LogP contribution in [-0.4, -0.2) is 5.91 Å². The molecule has 0 saturated carbocycles. The van der Waals surface area contributed by atoms with Crippen LogP contribution in [0.25, 0.3) is 6.08 Å². The Hall–Kier alpha value is -2.08. The number of nitrogens with zero attached hydrogens (tertiary/aromatic N) is 1. The lowest BCUT2D eigenvalue weighted by Crippen LogP contribution is -2.13. The summed E-state index contributed by atoms with van der Waals surface area (Å²) in [6, 6.07) is 7.74. The first-order valence-corrected chi connectivity index (χ1v) is 4.16. The molecule has 0 aromatic heterocycles. The first-order chi connectivity index (χ1) is 6.72. The average molecular weight is 186 g/mol. The van der Waals surface area contributed by atoms with E-state index in [4.69, 9.17) is 5.26 Å². The number of hydrogen-bond acceptors (Lipinski definition) is 2. The molecule has 0 heterocycles. The predicted molar refractivity (Wildman–Crippen MR) is 54.0 cm³/mol. The van der Waals surface area contributed by atoms with Gasteiger partial charge < -0.3 is 0 Å². The Balaban J connectivity index is 2.70. The fraction of sp³-hybridized carbons (Fsp3) is 0.0909. The number of amides is 1. The summed E-state index contributed by atoms with van der Waals surface area (Å²) in [4.78, 5) is 10.9. The lowest BCUT2D eigenvalue weighted by molar-refractivity contribution is -0.115. The molecule has 1 rings (SSSR count). The molecule has 14 heavy (non-hydrogen) atoms. The van der Waals surface area contributed by atoms with E-state index in [1.54, 1.807) is 12.3 Å². The normalized spacial score (nSPS) is 9.71. The van der Waals surface area contributed by atoms with Gasteiger partial charge in [0.25, 0.3) is 5.91 Å². The van der Waals surface area contributed by atoms with Crippen molar-refractivity contribution in [1.82, 2.24) is 5.32 Å². The molecule has 0 saturated heterocycles. The fourth-order valence-electron chi connectivity index (χ4n) is 1.04. The number of carbonyl (C=O) groups excluding carboxylic acids is 1. The van der Waals surface area contributed by atoms with Gasteiger partial charge in [-0.2, -0.15) is 5.26 Å². The molecule has 1 aromatic carbocycles. The summed E-state index contributed by atoms with van der Waals surface area (Å²) in [5, 5.41) is 10.2. The van der Waals surface area contributed by atoms with E-state index in [1.165, 1.54) is 6.08 Å². The number of benzene rings is 1. The van der Waals surface area contributed by atoms with Crippen LogP contribution >= 0.6 is 0 Å². The van der Waals surface area contributed by atoms with E-state index in [9.17, 15) is 4.79 Å². The van der Waals surface area contributed by atoms with Crippen LogP contribution in [0.3, 0.4) is 0 Å². The molecule has 3 nitrogen and oxygen atoms in total. The minimum atomic E-state index is -0.408. The molecular formula is C11H10N2O. The third-order valence-electron chi connectivity index (χ3n) is 1.65. The molecule has 1 N–H and O–H groups in total. The lowest BCUT2D eigenvalue weighted by atomic mass is 10.1. The number of aryl methyl sites for hydroxylation is 1. The maximum Gasteiger partial charge on any atom is 0.256 e. The number of hydrogen-bond donors (Lipinski definition) is 1. The first kappa shape index (κ1) is 10.0. The zero-order valence-corrected chi connectivity index (χ0v) is 7.82. The van der Waals surface area contributed by atoms with E-state index in [-0.39, 0.29) is 0 Å². The van der Waals surface area contributed by atoms with E-state index in [0.717, 1.165) is 11.1 Å². The van der Waals surface area contributed by atoms with E-state index in [0.29, 0.717) is 0 Å². The SMILES string of the molecule is Cc1cccc(C=CC(=O)NC#N)c1. The summed E-state index contributed by atoms with van der Waals surface area (Å²) in [5.41, 5.74) is 2.07. The molecule has 70 valence electrons. The zero-order valence-electron chi connectivity index (χ0n) is 7.82. The summed E-state index contributed by atoms with van der Waals surface area (Å²) in [5.74, 6) is -0.408. The van der Waals surface area contributed by atoms with Gasteiger partial charge in [-0.15, -0.1) is 0 Å². The van der Waals surface area contributed by atoms with Crippen LogP contribution in [-0.2, 0) is 4.79 Å². The molecule has 0 unspecified atom stereocenters. The Bertz CT molecular complexity index is 402. The zero-order chi connectivity index (χ0) is 10.4. The van der Waals surface area contributed by atoms with Crippen molar-refractivity contribution < 1.29 is 4.79 Å². The highest BCUT2D eigenvalue weighted by Crippen LogP contribution is 2.05. The van der Waals surface area contributed by atoms with Gasteiger partial charge in [-0.25, -0.2) is 0 Å². The van der Waals surface area contributed by atoms with Crippen molar-refractivity contribution in [3.63, 3.8) is 0 Å². The monoisotopic (exact) mass is 186 g/mol. The highest BCUT2D eigenvalue weighted by molar-refractivity contribution is 5.92. The second-order valence-corrected chi connectivity index (χ2v) is 2.85. The van der Waals surface area contributed by atoms with Gasteiger partial charge in [0.05, 0.1) is 0 Å². The van der Waals surface area contributed by atoms with Crippen LogP contribution in [0, 0.1) is 18.4 Å². The van der Waals surface area contributed by atoms with Gasteiger partial charge in [0.2, 0.25) is 0 Å². The van der Waals surface area contributed by atoms with E-state index in [1.807, 2.05) is 36.5 Å². The van der Waals surface area contributed by atoms with Crippen molar-refractivity contribution in [2.45, 2.75) is 6.92 Å². The van der Waals surface area contributed by atoms with E-state index in [2.05, 4.69) is 0 Å². The van der Waals surface area contributed by atoms with Crippen LogP contribution in [0.2, 0.25) is 0 Å². The van der Waals surface area contributed by atoms with Gasteiger partial charge in [0.15, 0.2) is 6.19 Å². The van der Waals surface area contributed by atoms with Crippen molar-refractivity contribution in [3.05, 3.63) is 41.5 Å².